The molecule has 2 aromatic carbocycles. The van der Waals surface area contributed by atoms with Crippen molar-refractivity contribution < 1.29 is 35.9 Å². The Bertz CT molecular complexity index is 1100. The van der Waals surface area contributed by atoms with Crippen molar-refractivity contribution in [1.29, 1.82) is 0 Å². The minimum atomic E-state index is -4.64. The lowest BCUT2D eigenvalue weighted by Crippen LogP contribution is -2.57. The van der Waals surface area contributed by atoms with Gasteiger partial charge in [-0.05, 0) is 42.3 Å². The molecule has 2 aromatic rings. The Morgan fingerprint density at radius 2 is 1.63 bits per heavy atom. The van der Waals surface area contributed by atoms with E-state index in [0.717, 1.165) is 17.7 Å². The van der Waals surface area contributed by atoms with Gasteiger partial charge in [-0.15, -0.1) is 0 Å². The standard InChI is InChI=1S/C27H31F6N3O2/c1-38-24-16-20(15-21(17-24)27(31,32)33)25(37)36-13-12-35(11-10-34-8-6-26(29,30)7-9-34)18-23(36)14-19-2-4-22(28)5-3-19/h2-5,15-17,23H,6-14,18H2,1H3/t23-/m1/s1. The van der Waals surface area contributed by atoms with Crippen LogP contribution in [0, 0.1) is 5.82 Å². The van der Waals surface area contributed by atoms with Gasteiger partial charge in [-0.25, -0.2) is 13.2 Å². The molecule has 11 heteroatoms. The summed E-state index contributed by atoms with van der Waals surface area (Å²) >= 11 is 0. The van der Waals surface area contributed by atoms with Gasteiger partial charge in [0.1, 0.15) is 11.6 Å². The summed E-state index contributed by atoms with van der Waals surface area (Å²) in [7, 11) is 1.24. The number of halogens is 6. The molecular formula is C27H31F6N3O2. The van der Waals surface area contributed by atoms with Crippen LogP contribution in [0.15, 0.2) is 42.5 Å². The van der Waals surface area contributed by atoms with Crippen LogP contribution in [0.25, 0.3) is 0 Å². The van der Waals surface area contributed by atoms with Gasteiger partial charge in [-0.2, -0.15) is 13.2 Å². The van der Waals surface area contributed by atoms with Crippen LogP contribution in [0.3, 0.4) is 0 Å². The fourth-order valence-electron chi connectivity index (χ4n) is 5.01. The van der Waals surface area contributed by atoms with Crippen LogP contribution in [-0.4, -0.2) is 85.5 Å². The highest BCUT2D eigenvalue weighted by Crippen LogP contribution is 2.33. The van der Waals surface area contributed by atoms with Crippen molar-refractivity contribution in [2.75, 3.05) is 52.9 Å². The quantitative estimate of drug-likeness (QED) is 0.463. The molecule has 2 saturated heterocycles. The number of amides is 1. The van der Waals surface area contributed by atoms with Gasteiger partial charge in [0.25, 0.3) is 11.8 Å². The number of piperidine rings is 1. The summed E-state index contributed by atoms with van der Waals surface area (Å²) in [5.74, 6) is -3.62. The lowest BCUT2D eigenvalue weighted by atomic mass is 10.00. The maximum absolute atomic E-state index is 13.5. The molecule has 1 amide bonds. The first-order valence-electron chi connectivity index (χ1n) is 12.6. The van der Waals surface area contributed by atoms with Crippen LogP contribution in [0.2, 0.25) is 0 Å². The van der Waals surface area contributed by atoms with Crippen LogP contribution in [0.1, 0.15) is 34.3 Å². The molecular weight excluding hydrogens is 512 g/mol. The predicted molar refractivity (Wildman–Crippen MR) is 130 cm³/mol. The van der Waals surface area contributed by atoms with E-state index in [4.69, 9.17) is 4.74 Å². The summed E-state index contributed by atoms with van der Waals surface area (Å²) in [4.78, 5) is 19.2. The molecule has 2 aliphatic heterocycles. The van der Waals surface area contributed by atoms with Gasteiger partial charge in [0.05, 0.1) is 12.7 Å². The number of carbonyl (C=O) groups excluding carboxylic acids is 1. The van der Waals surface area contributed by atoms with Gasteiger partial charge in [0, 0.05) is 70.3 Å². The minimum Gasteiger partial charge on any atom is -0.497 e. The van der Waals surface area contributed by atoms with E-state index in [-0.39, 0.29) is 36.7 Å². The number of piperazine rings is 1. The molecule has 0 bridgehead atoms. The van der Waals surface area contributed by atoms with E-state index < -0.39 is 29.4 Å². The fourth-order valence-corrected chi connectivity index (χ4v) is 5.01. The lowest BCUT2D eigenvalue weighted by molar-refractivity contribution is -0.137. The monoisotopic (exact) mass is 543 g/mol. The van der Waals surface area contributed by atoms with E-state index >= 15 is 0 Å². The third-order valence-electron chi connectivity index (χ3n) is 7.25. The number of carbonyl (C=O) groups is 1. The van der Waals surface area contributed by atoms with E-state index in [0.29, 0.717) is 45.7 Å². The van der Waals surface area contributed by atoms with Crippen molar-refractivity contribution in [3.63, 3.8) is 0 Å². The highest BCUT2D eigenvalue weighted by Gasteiger charge is 2.36. The van der Waals surface area contributed by atoms with Crippen LogP contribution >= 0.6 is 0 Å². The molecule has 0 saturated carbocycles. The average molecular weight is 544 g/mol. The zero-order valence-corrected chi connectivity index (χ0v) is 21.1. The molecule has 0 spiro atoms. The number of rotatable bonds is 7. The van der Waals surface area contributed by atoms with E-state index in [2.05, 4.69) is 4.90 Å². The molecule has 1 atom stereocenters. The second-order valence-electron chi connectivity index (χ2n) is 9.93. The number of likely N-dealkylation sites (tertiary alicyclic amines) is 1. The zero-order chi connectivity index (χ0) is 27.5. The molecule has 2 heterocycles. The van der Waals surface area contributed by atoms with Crippen molar-refractivity contribution in [3.8, 4) is 5.75 Å². The lowest BCUT2D eigenvalue weighted by Gasteiger charge is -2.42. The summed E-state index contributed by atoms with van der Waals surface area (Å²) in [5, 5.41) is 0. The topological polar surface area (TPSA) is 36.0 Å². The molecule has 0 aliphatic carbocycles. The number of benzene rings is 2. The number of methoxy groups -OCH3 is 1. The maximum Gasteiger partial charge on any atom is 0.416 e. The highest BCUT2D eigenvalue weighted by atomic mass is 19.4. The molecule has 4 rings (SSSR count). The Morgan fingerprint density at radius 3 is 2.26 bits per heavy atom. The predicted octanol–water partition coefficient (Wildman–Crippen LogP) is 4.95. The Balaban J connectivity index is 1.50. The van der Waals surface area contributed by atoms with Gasteiger partial charge in [0.2, 0.25) is 0 Å². The van der Waals surface area contributed by atoms with Crippen molar-refractivity contribution in [2.45, 2.75) is 37.4 Å². The molecule has 2 aliphatic rings. The Labute approximate surface area is 217 Å². The van der Waals surface area contributed by atoms with Crippen molar-refractivity contribution in [3.05, 3.63) is 65.0 Å². The fraction of sp³-hybridized carbons (Fsp3) is 0.519. The van der Waals surface area contributed by atoms with Gasteiger partial charge in [-0.1, -0.05) is 12.1 Å². The van der Waals surface area contributed by atoms with Crippen molar-refractivity contribution >= 4 is 5.91 Å². The van der Waals surface area contributed by atoms with E-state index in [1.165, 1.54) is 25.3 Å². The second kappa shape index (κ2) is 11.5. The molecule has 0 unspecified atom stereocenters. The van der Waals surface area contributed by atoms with Gasteiger partial charge in [0.15, 0.2) is 0 Å². The summed E-state index contributed by atoms with van der Waals surface area (Å²) in [6.07, 6.45) is -4.59. The van der Waals surface area contributed by atoms with Crippen LogP contribution in [0.5, 0.6) is 5.75 Å². The first-order chi connectivity index (χ1) is 17.9. The Kier molecular flexibility index (Phi) is 8.56. The maximum atomic E-state index is 13.5. The van der Waals surface area contributed by atoms with Crippen LogP contribution in [-0.2, 0) is 12.6 Å². The van der Waals surface area contributed by atoms with Crippen LogP contribution < -0.4 is 4.74 Å². The SMILES string of the molecule is COc1cc(C(=O)N2CCN(CCN3CCC(F)(F)CC3)C[C@H]2Cc2ccc(F)cc2)cc(C(F)(F)F)c1. The third-order valence-corrected chi connectivity index (χ3v) is 7.25. The second-order valence-corrected chi connectivity index (χ2v) is 9.93. The normalized spacial score (nSPS) is 20.9. The summed E-state index contributed by atoms with van der Waals surface area (Å²) in [5.41, 5.74) is -0.305. The number of alkyl halides is 5. The third kappa shape index (κ3) is 7.19. The number of hydrogen-bond donors (Lipinski definition) is 0. The van der Waals surface area contributed by atoms with Gasteiger partial charge in [-0.3, -0.25) is 9.69 Å². The van der Waals surface area contributed by atoms with Crippen molar-refractivity contribution in [2.24, 2.45) is 0 Å². The van der Waals surface area contributed by atoms with E-state index in [9.17, 15) is 31.1 Å². The van der Waals surface area contributed by atoms with E-state index in [1.54, 1.807) is 17.0 Å². The number of ether oxygens (including phenoxy) is 1. The average Bonchev–Trinajstić information content (AvgIpc) is 2.88. The smallest absolute Gasteiger partial charge is 0.416 e. The van der Waals surface area contributed by atoms with Crippen molar-refractivity contribution in [1.82, 2.24) is 14.7 Å². The molecule has 2 fully saturated rings. The van der Waals surface area contributed by atoms with Crippen LogP contribution in [0.4, 0.5) is 26.3 Å². The minimum absolute atomic E-state index is 0.0657. The van der Waals surface area contributed by atoms with E-state index in [1.807, 2.05) is 4.90 Å². The van der Waals surface area contributed by atoms with Gasteiger partial charge < -0.3 is 14.5 Å². The molecule has 0 N–H and O–H groups in total. The molecule has 0 aromatic heterocycles. The largest absolute Gasteiger partial charge is 0.497 e. The molecule has 38 heavy (non-hydrogen) atoms. The zero-order valence-electron chi connectivity index (χ0n) is 21.1. The molecule has 5 nitrogen and oxygen atoms in total. The number of nitrogens with zero attached hydrogens (tertiary/aromatic N) is 3. The molecule has 208 valence electrons. The Hall–Kier alpha value is -2.79. The summed E-state index contributed by atoms with van der Waals surface area (Å²) < 4.78 is 85.8. The first-order valence-corrected chi connectivity index (χ1v) is 12.6. The number of hydrogen-bond acceptors (Lipinski definition) is 4. The Morgan fingerprint density at radius 1 is 0.974 bits per heavy atom. The summed E-state index contributed by atoms with van der Waals surface area (Å²) in [6, 6.07) is 8.49. The first kappa shape index (κ1) is 28.2. The highest BCUT2D eigenvalue weighted by molar-refractivity contribution is 5.95. The van der Waals surface area contributed by atoms with Gasteiger partial charge >= 0.3 is 6.18 Å². The molecule has 0 radical (unpaired) electrons. The summed E-state index contributed by atoms with van der Waals surface area (Å²) in [6.45, 7) is 3.09.